The molecule has 0 aromatic heterocycles. The SMILES string of the molecule is CN(C)CC(C(=O)c1ccccc1)c1cccc(Cl)c1.Cl. The monoisotopic (exact) mass is 323 g/mol. The molecular weight excluding hydrogens is 305 g/mol. The average Bonchev–Trinajstić information content (AvgIpc) is 2.45. The Bertz CT molecular complexity index is 584. The summed E-state index contributed by atoms with van der Waals surface area (Å²) in [7, 11) is 3.94. The maximum Gasteiger partial charge on any atom is 0.171 e. The first-order chi connectivity index (χ1) is 9.58. The lowest BCUT2D eigenvalue weighted by atomic mass is 9.90. The molecule has 1 unspecified atom stereocenters. The van der Waals surface area contributed by atoms with Gasteiger partial charge in [0.05, 0.1) is 5.92 Å². The van der Waals surface area contributed by atoms with Crippen molar-refractivity contribution in [3.8, 4) is 0 Å². The molecule has 2 rings (SSSR count). The summed E-state index contributed by atoms with van der Waals surface area (Å²) in [5, 5.41) is 0.659. The zero-order chi connectivity index (χ0) is 14.5. The Hall–Kier alpha value is -1.35. The predicted octanol–water partition coefficient (Wildman–Crippen LogP) is 4.29. The number of rotatable bonds is 5. The largest absolute Gasteiger partial charge is 0.308 e. The van der Waals surface area contributed by atoms with Crippen LogP contribution in [0.5, 0.6) is 0 Å². The molecule has 21 heavy (non-hydrogen) atoms. The first kappa shape index (κ1) is 17.7. The van der Waals surface area contributed by atoms with E-state index in [0.29, 0.717) is 11.6 Å². The molecule has 2 nitrogen and oxygen atoms in total. The van der Waals surface area contributed by atoms with Crippen LogP contribution < -0.4 is 0 Å². The second kappa shape index (κ2) is 8.18. The topological polar surface area (TPSA) is 20.3 Å². The Morgan fingerprint density at radius 3 is 2.33 bits per heavy atom. The highest BCUT2D eigenvalue weighted by molar-refractivity contribution is 6.30. The van der Waals surface area contributed by atoms with Crippen molar-refractivity contribution in [3.63, 3.8) is 0 Å². The van der Waals surface area contributed by atoms with Crippen LogP contribution in [0, 0.1) is 0 Å². The molecule has 0 aliphatic carbocycles. The van der Waals surface area contributed by atoms with E-state index in [9.17, 15) is 4.79 Å². The second-order valence-corrected chi connectivity index (χ2v) is 5.54. The number of halogens is 2. The molecule has 0 fully saturated rings. The molecule has 0 spiro atoms. The van der Waals surface area contributed by atoms with E-state index in [1.807, 2.05) is 73.6 Å². The molecule has 0 saturated carbocycles. The van der Waals surface area contributed by atoms with E-state index in [4.69, 9.17) is 11.6 Å². The molecule has 0 radical (unpaired) electrons. The van der Waals surface area contributed by atoms with Gasteiger partial charge < -0.3 is 4.90 Å². The van der Waals surface area contributed by atoms with Gasteiger partial charge in [-0.25, -0.2) is 0 Å². The third-order valence-electron chi connectivity index (χ3n) is 3.17. The van der Waals surface area contributed by atoms with Crippen LogP contribution in [0.25, 0.3) is 0 Å². The van der Waals surface area contributed by atoms with Gasteiger partial charge in [0.15, 0.2) is 5.78 Å². The molecule has 4 heteroatoms. The van der Waals surface area contributed by atoms with E-state index in [1.54, 1.807) is 0 Å². The van der Waals surface area contributed by atoms with Crippen molar-refractivity contribution >= 4 is 29.8 Å². The fourth-order valence-electron chi connectivity index (χ4n) is 2.23. The summed E-state index contributed by atoms with van der Waals surface area (Å²) in [5.74, 6) is -0.0762. The normalized spacial score (nSPS) is 11.8. The van der Waals surface area contributed by atoms with E-state index in [-0.39, 0.29) is 24.1 Å². The van der Waals surface area contributed by atoms with Gasteiger partial charge in [-0.2, -0.15) is 0 Å². The Labute approximate surface area is 137 Å². The fraction of sp³-hybridized carbons (Fsp3) is 0.235. The number of likely N-dealkylation sites (N-methyl/N-ethyl adjacent to an activating group) is 1. The van der Waals surface area contributed by atoms with E-state index in [1.165, 1.54) is 0 Å². The summed E-state index contributed by atoms with van der Waals surface area (Å²) < 4.78 is 0. The quantitative estimate of drug-likeness (QED) is 0.765. The van der Waals surface area contributed by atoms with Gasteiger partial charge >= 0.3 is 0 Å². The van der Waals surface area contributed by atoms with E-state index < -0.39 is 0 Å². The van der Waals surface area contributed by atoms with E-state index in [0.717, 1.165) is 11.1 Å². The summed E-state index contributed by atoms with van der Waals surface area (Å²) in [6, 6.07) is 16.9. The fourth-order valence-corrected chi connectivity index (χ4v) is 2.43. The number of hydrogen-bond donors (Lipinski definition) is 0. The maximum absolute atomic E-state index is 12.7. The van der Waals surface area contributed by atoms with Crippen molar-refractivity contribution in [1.82, 2.24) is 4.90 Å². The molecule has 0 bridgehead atoms. The molecule has 1 atom stereocenters. The minimum atomic E-state index is -0.203. The van der Waals surface area contributed by atoms with Gasteiger partial charge in [0.25, 0.3) is 0 Å². The van der Waals surface area contributed by atoms with Gasteiger partial charge in [-0.15, -0.1) is 12.4 Å². The number of hydrogen-bond acceptors (Lipinski definition) is 2. The molecule has 0 aliphatic rings. The molecule has 112 valence electrons. The van der Waals surface area contributed by atoms with Crippen LogP contribution in [0.3, 0.4) is 0 Å². The highest BCUT2D eigenvalue weighted by Gasteiger charge is 2.22. The Kier molecular flexibility index (Phi) is 6.90. The second-order valence-electron chi connectivity index (χ2n) is 5.10. The van der Waals surface area contributed by atoms with Crippen molar-refractivity contribution in [2.24, 2.45) is 0 Å². The number of benzene rings is 2. The minimum Gasteiger partial charge on any atom is -0.308 e. The zero-order valence-corrected chi connectivity index (χ0v) is 13.7. The first-order valence-corrected chi connectivity index (χ1v) is 6.95. The van der Waals surface area contributed by atoms with Gasteiger partial charge in [-0.1, -0.05) is 54.1 Å². The lowest BCUT2D eigenvalue weighted by molar-refractivity contribution is 0.0945. The van der Waals surface area contributed by atoms with Crippen molar-refractivity contribution in [2.75, 3.05) is 20.6 Å². The number of carbonyl (C=O) groups is 1. The minimum absolute atomic E-state index is 0. The number of Topliss-reactive ketones (excluding diaryl/α,β-unsaturated/α-hetero) is 1. The average molecular weight is 324 g/mol. The van der Waals surface area contributed by atoms with Crippen LogP contribution >= 0.6 is 24.0 Å². The van der Waals surface area contributed by atoms with Gasteiger partial charge in [0.1, 0.15) is 0 Å². The lowest BCUT2D eigenvalue weighted by Gasteiger charge is -2.20. The molecule has 0 saturated heterocycles. The van der Waals surface area contributed by atoms with Gasteiger partial charge in [0.2, 0.25) is 0 Å². The number of nitrogens with zero attached hydrogens (tertiary/aromatic N) is 1. The van der Waals surface area contributed by atoms with E-state index in [2.05, 4.69) is 0 Å². The Balaban J connectivity index is 0.00000220. The third kappa shape index (κ3) is 4.85. The van der Waals surface area contributed by atoms with Crippen molar-refractivity contribution in [1.29, 1.82) is 0 Å². The Morgan fingerprint density at radius 1 is 1.10 bits per heavy atom. The van der Waals surface area contributed by atoms with Gasteiger partial charge in [-0.05, 0) is 31.8 Å². The molecule has 2 aromatic carbocycles. The summed E-state index contributed by atoms with van der Waals surface area (Å²) in [6.45, 7) is 0.661. The summed E-state index contributed by atoms with van der Waals surface area (Å²) >= 11 is 6.05. The molecular formula is C17H19Cl2NO. The summed E-state index contributed by atoms with van der Waals surface area (Å²) in [5.41, 5.74) is 1.69. The molecule has 2 aromatic rings. The molecule has 0 aliphatic heterocycles. The zero-order valence-electron chi connectivity index (χ0n) is 12.1. The smallest absolute Gasteiger partial charge is 0.171 e. The summed E-state index contributed by atoms with van der Waals surface area (Å²) in [4.78, 5) is 14.7. The standard InChI is InChI=1S/C17H18ClNO.ClH/c1-19(2)12-16(14-9-6-10-15(18)11-14)17(20)13-7-4-3-5-8-13;/h3-11,16H,12H2,1-2H3;1H. The molecule has 0 amide bonds. The maximum atomic E-state index is 12.7. The van der Waals surface area contributed by atoms with Crippen LogP contribution in [0.4, 0.5) is 0 Å². The highest BCUT2D eigenvalue weighted by Crippen LogP contribution is 2.24. The van der Waals surface area contributed by atoms with Crippen LogP contribution in [0.2, 0.25) is 5.02 Å². The molecule has 0 heterocycles. The number of ketones is 1. The highest BCUT2D eigenvalue weighted by atomic mass is 35.5. The predicted molar refractivity (Wildman–Crippen MR) is 90.8 cm³/mol. The van der Waals surface area contributed by atoms with Crippen LogP contribution in [0.1, 0.15) is 21.8 Å². The van der Waals surface area contributed by atoms with Crippen LogP contribution in [0.15, 0.2) is 54.6 Å². The molecule has 0 N–H and O–H groups in total. The number of carbonyl (C=O) groups excluding carboxylic acids is 1. The van der Waals surface area contributed by atoms with Gasteiger partial charge in [0, 0.05) is 17.1 Å². The van der Waals surface area contributed by atoms with Gasteiger partial charge in [-0.3, -0.25) is 4.79 Å². The van der Waals surface area contributed by atoms with Crippen molar-refractivity contribution in [2.45, 2.75) is 5.92 Å². The Morgan fingerprint density at radius 2 is 1.76 bits per heavy atom. The van der Waals surface area contributed by atoms with Crippen LogP contribution in [-0.4, -0.2) is 31.3 Å². The van der Waals surface area contributed by atoms with Crippen molar-refractivity contribution in [3.05, 3.63) is 70.7 Å². The third-order valence-corrected chi connectivity index (χ3v) is 3.41. The van der Waals surface area contributed by atoms with Crippen molar-refractivity contribution < 1.29 is 4.79 Å². The first-order valence-electron chi connectivity index (χ1n) is 6.57. The van der Waals surface area contributed by atoms with Crippen LogP contribution in [-0.2, 0) is 0 Å². The van der Waals surface area contributed by atoms with E-state index >= 15 is 0 Å². The summed E-state index contributed by atoms with van der Waals surface area (Å²) in [6.07, 6.45) is 0. The lowest BCUT2D eigenvalue weighted by Crippen LogP contribution is -2.26.